The number of benzene rings is 2. The first kappa shape index (κ1) is 21.7. The smallest absolute Gasteiger partial charge is 0.245 e. The Hall–Kier alpha value is -2.16. The average Bonchev–Trinajstić information content (AvgIpc) is 3.49. The summed E-state index contributed by atoms with van der Waals surface area (Å²) in [6.45, 7) is 2.88. The van der Waals surface area contributed by atoms with Crippen LogP contribution in [0.3, 0.4) is 0 Å². The van der Waals surface area contributed by atoms with Gasteiger partial charge in [0.05, 0.1) is 4.90 Å². The standard InChI is InChI=1S/C23H26ClN3O4S/c1-14(22(28)27-13-15-2-6-19(27)10-15)26-9-8-21(23(26)29)25-32(30,31)20-7-4-16-11-18(24)5-3-17(16)12-20/h3-5,7,11-12,14-15,19,21,25H,2,6,8-10,13H2,1H3. The zero-order chi connectivity index (χ0) is 22.6. The Morgan fingerprint density at radius 2 is 1.88 bits per heavy atom. The molecule has 9 heteroatoms. The normalized spacial score (nSPS) is 26.3. The fourth-order valence-electron chi connectivity index (χ4n) is 5.38. The highest BCUT2D eigenvalue weighted by atomic mass is 35.5. The molecule has 2 heterocycles. The summed E-state index contributed by atoms with van der Waals surface area (Å²) in [7, 11) is -3.90. The van der Waals surface area contributed by atoms with Gasteiger partial charge in [-0.2, -0.15) is 4.72 Å². The molecule has 2 bridgehead atoms. The van der Waals surface area contributed by atoms with Crippen LogP contribution in [0.15, 0.2) is 41.3 Å². The van der Waals surface area contributed by atoms with Crippen molar-refractivity contribution in [2.24, 2.45) is 5.92 Å². The Balaban J connectivity index is 1.28. The molecule has 7 nitrogen and oxygen atoms in total. The lowest BCUT2D eigenvalue weighted by molar-refractivity contribution is -0.144. The minimum absolute atomic E-state index is 0.0257. The summed E-state index contributed by atoms with van der Waals surface area (Å²) in [6, 6.07) is 8.85. The van der Waals surface area contributed by atoms with Crippen molar-refractivity contribution in [1.29, 1.82) is 0 Å². The summed E-state index contributed by atoms with van der Waals surface area (Å²) < 4.78 is 28.5. The number of carbonyl (C=O) groups is 2. The van der Waals surface area contributed by atoms with Crippen LogP contribution in [0.4, 0.5) is 0 Å². The molecule has 1 aliphatic carbocycles. The number of amides is 2. The number of hydrogen-bond donors (Lipinski definition) is 1. The van der Waals surface area contributed by atoms with Crippen LogP contribution in [0.1, 0.15) is 32.6 Å². The van der Waals surface area contributed by atoms with Crippen LogP contribution in [0, 0.1) is 5.92 Å². The van der Waals surface area contributed by atoms with E-state index in [0.717, 1.165) is 30.2 Å². The Bertz CT molecular complexity index is 1200. The predicted octanol–water partition coefficient (Wildman–Crippen LogP) is 2.77. The Morgan fingerprint density at radius 1 is 1.12 bits per heavy atom. The van der Waals surface area contributed by atoms with Crippen molar-refractivity contribution in [2.45, 2.75) is 55.6 Å². The summed E-state index contributed by atoms with van der Waals surface area (Å²) in [6.07, 6.45) is 3.62. The van der Waals surface area contributed by atoms with E-state index in [9.17, 15) is 18.0 Å². The number of nitrogens with zero attached hydrogens (tertiary/aromatic N) is 2. The Morgan fingerprint density at radius 3 is 2.59 bits per heavy atom. The van der Waals surface area contributed by atoms with E-state index in [1.807, 2.05) is 4.90 Å². The summed E-state index contributed by atoms with van der Waals surface area (Å²) in [4.78, 5) is 29.5. The summed E-state index contributed by atoms with van der Waals surface area (Å²) in [5.41, 5.74) is 0. The number of likely N-dealkylation sites (tertiary alicyclic amines) is 2. The molecule has 1 N–H and O–H groups in total. The second-order valence-electron chi connectivity index (χ2n) is 9.15. The lowest BCUT2D eigenvalue weighted by atomic mass is 10.1. The molecule has 4 unspecified atom stereocenters. The molecule has 2 saturated heterocycles. The number of fused-ring (bicyclic) bond motifs is 3. The van der Waals surface area contributed by atoms with Crippen molar-refractivity contribution < 1.29 is 18.0 Å². The number of rotatable bonds is 5. The van der Waals surface area contributed by atoms with Gasteiger partial charge in [0.2, 0.25) is 21.8 Å². The summed E-state index contributed by atoms with van der Waals surface area (Å²) >= 11 is 6.00. The third kappa shape index (κ3) is 3.78. The van der Waals surface area contributed by atoms with Gasteiger partial charge < -0.3 is 9.80 Å². The fraction of sp³-hybridized carbons (Fsp3) is 0.478. The van der Waals surface area contributed by atoms with Gasteiger partial charge in [0, 0.05) is 24.2 Å². The minimum Gasteiger partial charge on any atom is -0.338 e. The lowest BCUT2D eigenvalue weighted by Crippen LogP contribution is -2.51. The number of halogens is 1. The molecule has 2 aromatic rings. The molecule has 2 aliphatic heterocycles. The number of nitrogens with one attached hydrogen (secondary N) is 1. The van der Waals surface area contributed by atoms with Gasteiger partial charge in [-0.15, -0.1) is 0 Å². The van der Waals surface area contributed by atoms with E-state index in [0.29, 0.717) is 29.9 Å². The highest BCUT2D eigenvalue weighted by molar-refractivity contribution is 7.89. The quantitative estimate of drug-likeness (QED) is 0.720. The van der Waals surface area contributed by atoms with E-state index in [1.165, 1.54) is 17.4 Å². The van der Waals surface area contributed by atoms with Gasteiger partial charge in [-0.1, -0.05) is 23.7 Å². The minimum atomic E-state index is -3.90. The summed E-state index contributed by atoms with van der Waals surface area (Å²) in [5.74, 6) is 0.219. The summed E-state index contributed by atoms with van der Waals surface area (Å²) in [5, 5.41) is 2.16. The number of hydrogen-bond acceptors (Lipinski definition) is 4. The van der Waals surface area contributed by atoms with Gasteiger partial charge >= 0.3 is 0 Å². The van der Waals surface area contributed by atoms with E-state index < -0.39 is 22.1 Å². The number of sulfonamides is 1. The Labute approximate surface area is 192 Å². The molecular weight excluding hydrogens is 450 g/mol. The molecule has 2 amide bonds. The molecule has 0 aromatic heterocycles. The monoisotopic (exact) mass is 475 g/mol. The maximum Gasteiger partial charge on any atom is 0.245 e. The number of carbonyl (C=O) groups excluding carboxylic acids is 2. The number of piperidine rings is 1. The Kier molecular flexibility index (Phi) is 5.42. The molecule has 2 aromatic carbocycles. The second kappa shape index (κ2) is 8.01. The largest absolute Gasteiger partial charge is 0.338 e. The highest BCUT2D eigenvalue weighted by Gasteiger charge is 2.45. The fourth-order valence-corrected chi connectivity index (χ4v) is 6.82. The van der Waals surface area contributed by atoms with E-state index >= 15 is 0 Å². The van der Waals surface area contributed by atoms with E-state index in [4.69, 9.17) is 11.6 Å². The van der Waals surface area contributed by atoms with Crippen molar-refractivity contribution in [3.05, 3.63) is 41.4 Å². The molecule has 1 saturated carbocycles. The van der Waals surface area contributed by atoms with Crippen LogP contribution < -0.4 is 4.72 Å². The van der Waals surface area contributed by atoms with Crippen molar-refractivity contribution in [3.63, 3.8) is 0 Å². The first-order chi connectivity index (χ1) is 15.2. The van der Waals surface area contributed by atoms with Gasteiger partial charge in [-0.25, -0.2) is 8.42 Å². The lowest BCUT2D eigenvalue weighted by Gasteiger charge is -2.33. The molecule has 3 fully saturated rings. The molecule has 3 aliphatic rings. The van der Waals surface area contributed by atoms with Crippen LogP contribution in [-0.4, -0.2) is 61.2 Å². The average molecular weight is 476 g/mol. The molecule has 0 radical (unpaired) electrons. The predicted molar refractivity (Wildman–Crippen MR) is 122 cm³/mol. The maximum absolute atomic E-state index is 13.0. The topological polar surface area (TPSA) is 86.8 Å². The van der Waals surface area contributed by atoms with Crippen molar-refractivity contribution in [2.75, 3.05) is 13.1 Å². The van der Waals surface area contributed by atoms with Crippen LogP contribution in [-0.2, 0) is 19.6 Å². The van der Waals surface area contributed by atoms with Crippen LogP contribution in [0.2, 0.25) is 5.02 Å². The zero-order valence-electron chi connectivity index (χ0n) is 17.8. The molecule has 4 atom stereocenters. The van der Waals surface area contributed by atoms with Gasteiger partial charge in [0.1, 0.15) is 12.1 Å². The second-order valence-corrected chi connectivity index (χ2v) is 11.3. The van der Waals surface area contributed by atoms with Gasteiger partial charge in [-0.05, 0) is 73.6 Å². The van der Waals surface area contributed by atoms with E-state index in [1.54, 1.807) is 37.3 Å². The van der Waals surface area contributed by atoms with Gasteiger partial charge in [0.15, 0.2) is 0 Å². The van der Waals surface area contributed by atoms with Crippen molar-refractivity contribution in [1.82, 2.24) is 14.5 Å². The first-order valence-electron chi connectivity index (χ1n) is 11.1. The van der Waals surface area contributed by atoms with Crippen LogP contribution in [0.5, 0.6) is 0 Å². The van der Waals surface area contributed by atoms with Crippen LogP contribution >= 0.6 is 11.6 Å². The van der Waals surface area contributed by atoms with Gasteiger partial charge in [-0.3, -0.25) is 9.59 Å². The third-order valence-electron chi connectivity index (χ3n) is 7.14. The maximum atomic E-state index is 13.0. The molecule has 0 spiro atoms. The van der Waals surface area contributed by atoms with Crippen molar-refractivity contribution in [3.8, 4) is 0 Å². The van der Waals surface area contributed by atoms with Gasteiger partial charge in [0.25, 0.3) is 0 Å². The first-order valence-corrected chi connectivity index (χ1v) is 12.9. The van der Waals surface area contributed by atoms with E-state index in [2.05, 4.69) is 4.72 Å². The van der Waals surface area contributed by atoms with Crippen molar-refractivity contribution >= 4 is 44.2 Å². The SMILES string of the molecule is CC(C(=O)N1CC2CCC1C2)N1CCC(NS(=O)(=O)c2ccc3cc(Cl)ccc3c2)C1=O. The van der Waals surface area contributed by atoms with E-state index in [-0.39, 0.29) is 16.7 Å². The molecule has 5 rings (SSSR count). The molecule has 170 valence electrons. The molecular formula is C23H26ClN3O4S. The molecule has 32 heavy (non-hydrogen) atoms. The highest BCUT2D eigenvalue weighted by Crippen LogP contribution is 2.38. The van der Waals surface area contributed by atoms with Crippen LogP contribution in [0.25, 0.3) is 10.8 Å². The third-order valence-corrected chi connectivity index (χ3v) is 8.84. The zero-order valence-corrected chi connectivity index (χ0v) is 19.4.